The van der Waals surface area contributed by atoms with Gasteiger partial charge in [0.2, 0.25) is 11.8 Å². The van der Waals surface area contributed by atoms with Crippen molar-refractivity contribution in [1.29, 1.82) is 0 Å². The molecule has 2 amide bonds. The zero-order valence-corrected chi connectivity index (χ0v) is 17.4. The van der Waals surface area contributed by atoms with Crippen LogP contribution in [0.4, 0.5) is 11.4 Å². The van der Waals surface area contributed by atoms with Gasteiger partial charge in [0, 0.05) is 36.3 Å². The SMILES string of the molecule is COc1ccc(S(=O)(=O)C2Cc3c(NC(C)=O)cccc3N2)cc1OCCC(N)=O. The standard InChI is InChI=1S/C20H23N3O6S/c1-12(24)22-15-4-3-5-16-14(15)11-20(23-16)30(26,27)13-6-7-17(28-2)18(10-13)29-9-8-19(21)25/h3-7,10,20,23H,8-9,11H2,1-2H3,(H2,21,25)(H,22,24). The number of fused-ring (bicyclic) bond motifs is 1. The van der Waals surface area contributed by atoms with Crippen LogP contribution in [0.25, 0.3) is 0 Å². The van der Waals surface area contributed by atoms with E-state index < -0.39 is 21.1 Å². The topological polar surface area (TPSA) is 137 Å². The second-order valence-corrected chi connectivity index (χ2v) is 8.90. The second-order valence-electron chi connectivity index (χ2n) is 6.77. The summed E-state index contributed by atoms with van der Waals surface area (Å²) in [6.45, 7) is 1.40. The van der Waals surface area contributed by atoms with Gasteiger partial charge in [-0.05, 0) is 24.3 Å². The van der Waals surface area contributed by atoms with Crippen LogP contribution in [0.3, 0.4) is 0 Å². The highest BCUT2D eigenvalue weighted by molar-refractivity contribution is 7.92. The van der Waals surface area contributed by atoms with E-state index in [1.54, 1.807) is 18.2 Å². The van der Waals surface area contributed by atoms with Gasteiger partial charge in [-0.2, -0.15) is 0 Å². The summed E-state index contributed by atoms with van der Waals surface area (Å²) < 4.78 is 37.2. The molecule has 1 heterocycles. The van der Waals surface area contributed by atoms with Crippen LogP contribution in [0.2, 0.25) is 0 Å². The van der Waals surface area contributed by atoms with E-state index in [1.165, 1.54) is 32.2 Å². The number of nitrogens with one attached hydrogen (secondary N) is 2. The zero-order chi connectivity index (χ0) is 21.9. The van der Waals surface area contributed by atoms with Crippen molar-refractivity contribution in [3.63, 3.8) is 0 Å². The third kappa shape index (κ3) is 4.48. The number of ether oxygens (including phenoxy) is 2. The minimum absolute atomic E-state index is 0.00237. The number of methoxy groups -OCH3 is 1. The number of amides is 2. The van der Waals surface area contributed by atoms with E-state index >= 15 is 0 Å². The number of benzene rings is 2. The highest BCUT2D eigenvalue weighted by Crippen LogP contribution is 2.37. The zero-order valence-electron chi connectivity index (χ0n) is 16.6. The summed E-state index contributed by atoms with van der Waals surface area (Å²) in [6, 6.07) is 9.54. The number of hydrogen-bond donors (Lipinski definition) is 3. The molecule has 1 aliphatic heterocycles. The first-order valence-electron chi connectivity index (χ1n) is 9.21. The van der Waals surface area contributed by atoms with Gasteiger partial charge in [-0.3, -0.25) is 9.59 Å². The maximum absolute atomic E-state index is 13.3. The Morgan fingerprint density at radius 2 is 2.00 bits per heavy atom. The Labute approximate surface area is 174 Å². The molecule has 9 nitrogen and oxygen atoms in total. The lowest BCUT2D eigenvalue weighted by atomic mass is 10.1. The summed E-state index contributed by atoms with van der Waals surface area (Å²) in [5, 5.41) is 4.84. The molecule has 2 aromatic rings. The third-order valence-electron chi connectivity index (χ3n) is 4.64. The fourth-order valence-corrected chi connectivity index (χ4v) is 4.74. The van der Waals surface area contributed by atoms with E-state index in [1.807, 2.05) is 0 Å². The minimum atomic E-state index is -3.79. The maximum Gasteiger partial charge on any atom is 0.221 e. The van der Waals surface area contributed by atoms with Crippen LogP contribution in [-0.4, -0.2) is 39.3 Å². The first kappa shape index (κ1) is 21.4. The van der Waals surface area contributed by atoms with Crippen LogP contribution >= 0.6 is 0 Å². The molecule has 0 aliphatic carbocycles. The number of hydrogen-bond acceptors (Lipinski definition) is 7. The fourth-order valence-electron chi connectivity index (χ4n) is 3.22. The summed E-state index contributed by atoms with van der Waals surface area (Å²) in [7, 11) is -2.36. The maximum atomic E-state index is 13.3. The Kier molecular flexibility index (Phi) is 6.16. The van der Waals surface area contributed by atoms with Gasteiger partial charge in [-0.25, -0.2) is 8.42 Å². The summed E-state index contributed by atoms with van der Waals surface area (Å²) in [5.74, 6) is -0.216. The average Bonchev–Trinajstić information content (AvgIpc) is 3.13. The largest absolute Gasteiger partial charge is 0.493 e. The van der Waals surface area contributed by atoms with Crippen LogP contribution in [0, 0.1) is 0 Å². The van der Waals surface area contributed by atoms with E-state index in [-0.39, 0.29) is 36.0 Å². The average molecular weight is 433 g/mol. The number of carbonyl (C=O) groups excluding carboxylic acids is 2. The molecule has 2 aromatic carbocycles. The Morgan fingerprint density at radius 3 is 2.67 bits per heavy atom. The van der Waals surface area contributed by atoms with Crippen molar-refractivity contribution in [1.82, 2.24) is 0 Å². The minimum Gasteiger partial charge on any atom is -0.493 e. The highest BCUT2D eigenvalue weighted by Gasteiger charge is 2.35. The molecular weight excluding hydrogens is 410 g/mol. The number of rotatable bonds is 8. The monoisotopic (exact) mass is 433 g/mol. The molecule has 30 heavy (non-hydrogen) atoms. The Balaban J connectivity index is 1.87. The third-order valence-corrected chi connectivity index (χ3v) is 6.58. The van der Waals surface area contributed by atoms with Gasteiger partial charge in [-0.15, -0.1) is 0 Å². The van der Waals surface area contributed by atoms with Crippen molar-refractivity contribution in [3.8, 4) is 11.5 Å². The van der Waals surface area contributed by atoms with Crippen molar-refractivity contribution >= 4 is 33.0 Å². The van der Waals surface area contributed by atoms with Gasteiger partial charge in [0.1, 0.15) is 5.37 Å². The number of carbonyl (C=O) groups is 2. The van der Waals surface area contributed by atoms with E-state index in [0.717, 1.165) is 5.56 Å². The Bertz CT molecular complexity index is 1080. The summed E-state index contributed by atoms with van der Waals surface area (Å²) in [6.07, 6.45) is 0.184. The summed E-state index contributed by atoms with van der Waals surface area (Å²) >= 11 is 0. The van der Waals surface area contributed by atoms with Gasteiger partial charge >= 0.3 is 0 Å². The molecular formula is C20H23N3O6S. The number of sulfone groups is 1. The highest BCUT2D eigenvalue weighted by atomic mass is 32.2. The van der Waals surface area contributed by atoms with Gasteiger partial charge in [-0.1, -0.05) is 6.07 Å². The van der Waals surface area contributed by atoms with Crippen molar-refractivity contribution in [2.75, 3.05) is 24.4 Å². The molecule has 0 saturated heterocycles. The molecule has 160 valence electrons. The normalized spacial score (nSPS) is 15.1. The van der Waals surface area contributed by atoms with Crippen molar-refractivity contribution in [2.24, 2.45) is 5.73 Å². The Morgan fingerprint density at radius 1 is 1.23 bits per heavy atom. The molecule has 1 atom stereocenters. The number of primary amides is 1. The lowest BCUT2D eigenvalue weighted by molar-refractivity contribution is -0.118. The van der Waals surface area contributed by atoms with Crippen LogP contribution < -0.4 is 25.8 Å². The van der Waals surface area contributed by atoms with Gasteiger partial charge < -0.3 is 25.8 Å². The van der Waals surface area contributed by atoms with Crippen LogP contribution in [-0.2, 0) is 25.8 Å². The van der Waals surface area contributed by atoms with Crippen molar-refractivity contribution in [2.45, 2.75) is 30.0 Å². The first-order chi connectivity index (χ1) is 14.2. The van der Waals surface area contributed by atoms with E-state index in [4.69, 9.17) is 15.2 Å². The quantitative estimate of drug-likeness (QED) is 0.576. The molecule has 0 saturated carbocycles. The number of anilines is 2. The lowest BCUT2D eigenvalue weighted by Crippen LogP contribution is -2.27. The van der Waals surface area contributed by atoms with E-state index in [2.05, 4.69) is 10.6 Å². The molecule has 0 bridgehead atoms. The predicted octanol–water partition coefficient (Wildman–Crippen LogP) is 1.68. The van der Waals surface area contributed by atoms with E-state index in [9.17, 15) is 18.0 Å². The summed E-state index contributed by atoms with van der Waals surface area (Å²) in [4.78, 5) is 22.4. The molecule has 1 unspecified atom stereocenters. The molecule has 4 N–H and O–H groups in total. The van der Waals surface area contributed by atoms with E-state index in [0.29, 0.717) is 17.1 Å². The van der Waals surface area contributed by atoms with Crippen LogP contribution in [0.15, 0.2) is 41.3 Å². The number of nitrogens with two attached hydrogens (primary N) is 1. The second kappa shape index (κ2) is 8.62. The predicted molar refractivity (Wildman–Crippen MR) is 111 cm³/mol. The van der Waals surface area contributed by atoms with Gasteiger partial charge in [0.25, 0.3) is 0 Å². The first-order valence-corrected chi connectivity index (χ1v) is 10.8. The fraction of sp³-hybridized carbons (Fsp3) is 0.300. The Hall–Kier alpha value is -3.27. The van der Waals surface area contributed by atoms with Crippen LogP contribution in [0.5, 0.6) is 11.5 Å². The molecule has 0 spiro atoms. The van der Waals surface area contributed by atoms with Crippen LogP contribution in [0.1, 0.15) is 18.9 Å². The molecule has 0 radical (unpaired) electrons. The van der Waals surface area contributed by atoms with Crippen molar-refractivity contribution < 1.29 is 27.5 Å². The molecule has 0 aromatic heterocycles. The van der Waals surface area contributed by atoms with Gasteiger partial charge in [0.15, 0.2) is 21.3 Å². The molecule has 0 fully saturated rings. The molecule has 3 rings (SSSR count). The molecule has 1 aliphatic rings. The smallest absolute Gasteiger partial charge is 0.221 e. The summed E-state index contributed by atoms with van der Waals surface area (Å²) in [5.41, 5.74) is 7.07. The lowest BCUT2D eigenvalue weighted by Gasteiger charge is -2.16. The van der Waals surface area contributed by atoms with Gasteiger partial charge in [0.05, 0.1) is 25.0 Å². The molecule has 10 heteroatoms. The van der Waals surface area contributed by atoms with Crippen molar-refractivity contribution in [3.05, 3.63) is 42.0 Å².